The van der Waals surface area contributed by atoms with Crippen LogP contribution in [0.3, 0.4) is 0 Å². The molecule has 3 rings (SSSR count). The van der Waals surface area contributed by atoms with Gasteiger partial charge in [-0.25, -0.2) is 14.4 Å². The Balaban J connectivity index is 1.92. The predicted molar refractivity (Wildman–Crippen MR) is 91.2 cm³/mol. The van der Waals surface area contributed by atoms with Crippen LogP contribution in [0.2, 0.25) is 0 Å². The first-order valence-corrected chi connectivity index (χ1v) is 7.74. The molecule has 2 aromatic heterocycles. The average Bonchev–Trinajstić information content (AvgIpc) is 2.95. The van der Waals surface area contributed by atoms with Gasteiger partial charge in [-0.05, 0) is 36.2 Å². The Kier molecular flexibility index (Phi) is 4.17. The summed E-state index contributed by atoms with van der Waals surface area (Å²) in [6.45, 7) is 4.57. The zero-order chi connectivity index (χ0) is 17.3. The topological polar surface area (TPSA) is 68.6 Å². The second-order valence-corrected chi connectivity index (χ2v) is 6.07. The van der Waals surface area contributed by atoms with E-state index in [1.165, 1.54) is 12.1 Å². The number of pyridine rings is 1. The minimum atomic E-state index is -0.302. The maximum atomic E-state index is 13.3. The Bertz CT molecular complexity index is 923. The first-order chi connectivity index (χ1) is 11.5. The number of hydrogen-bond acceptors (Lipinski definition) is 4. The minimum absolute atomic E-state index is 0.277. The zero-order valence-corrected chi connectivity index (χ0v) is 13.8. The van der Waals surface area contributed by atoms with Crippen molar-refractivity contribution < 1.29 is 4.39 Å². The van der Waals surface area contributed by atoms with Crippen LogP contribution in [0.15, 0.2) is 30.3 Å². The summed E-state index contributed by atoms with van der Waals surface area (Å²) in [5.41, 5.74) is 2.82. The van der Waals surface area contributed by atoms with Crippen LogP contribution in [0, 0.1) is 17.1 Å². The molecule has 0 saturated carbocycles. The summed E-state index contributed by atoms with van der Waals surface area (Å²) >= 11 is 0. The fourth-order valence-corrected chi connectivity index (χ4v) is 2.57. The Morgan fingerprint density at radius 3 is 2.75 bits per heavy atom. The van der Waals surface area contributed by atoms with Crippen molar-refractivity contribution in [2.75, 3.05) is 11.9 Å². The van der Waals surface area contributed by atoms with Gasteiger partial charge < -0.3 is 9.88 Å². The van der Waals surface area contributed by atoms with E-state index in [0.29, 0.717) is 34.8 Å². The zero-order valence-electron chi connectivity index (χ0n) is 13.8. The van der Waals surface area contributed by atoms with Crippen molar-refractivity contribution in [2.45, 2.75) is 26.3 Å². The molecule has 0 atom stereocenters. The van der Waals surface area contributed by atoms with E-state index in [2.05, 4.69) is 34.9 Å². The summed E-state index contributed by atoms with van der Waals surface area (Å²) in [6, 6.07) is 10.3. The van der Waals surface area contributed by atoms with Gasteiger partial charge >= 0.3 is 0 Å². The quantitative estimate of drug-likeness (QED) is 0.794. The van der Waals surface area contributed by atoms with Crippen molar-refractivity contribution in [1.29, 1.82) is 5.26 Å². The molecule has 24 heavy (non-hydrogen) atoms. The monoisotopic (exact) mass is 323 g/mol. The van der Waals surface area contributed by atoms with E-state index in [9.17, 15) is 9.65 Å². The standard InChI is InChI=1S/C18H18FN5/c1-11(2)14-6-4-12(9-20)18(23-14)24(3)10-17-21-15-7-5-13(19)8-16(15)22-17/h4-8,11H,10H2,1-3H3,(H,21,22). The van der Waals surface area contributed by atoms with Gasteiger partial charge in [-0.3, -0.25) is 0 Å². The number of hydrogen-bond donors (Lipinski definition) is 1. The molecule has 1 aromatic carbocycles. The van der Waals surface area contributed by atoms with Crippen molar-refractivity contribution in [1.82, 2.24) is 15.0 Å². The van der Waals surface area contributed by atoms with Gasteiger partial charge in [-0.2, -0.15) is 5.26 Å². The lowest BCUT2D eigenvalue weighted by Crippen LogP contribution is -2.20. The molecule has 3 aromatic rings. The van der Waals surface area contributed by atoms with Crippen molar-refractivity contribution in [3.8, 4) is 6.07 Å². The number of halogens is 1. The Hall–Kier alpha value is -2.94. The molecule has 2 heterocycles. The molecule has 122 valence electrons. The fourth-order valence-electron chi connectivity index (χ4n) is 2.57. The number of nitriles is 1. The lowest BCUT2D eigenvalue weighted by molar-refractivity contribution is 0.629. The molecule has 0 radical (unpaired) electrons. The number of fused-ring (bicyclic) bond motifs is 1. The highest BCUT2D eigenvalue weighted by atomic mass is 19.1. The van der Waals surface area contributed by atoms with Crippen LogP contribution in [0.5, 0.6) is 0 Å². The van der Waals surface area contributed by atoms with Crippen molar-refractivity contribution in [2.24, 2.45) is 0 Å². The van der Waals surface area contributed by atoms with Crippen LogP contribution < -0.4 is 4.90 Å². The lowest BCUT2D eigenvalue weighted by atomic mass is 10.1. The molecule has 5 nitrogen and oxygen atoms in total. The molecule has 0 saturated heterocycles. The van der Waals surface area contributed by atoms with E-state index in [1.54, 1.807) is 12.1 Å². The van der Waals surface area contributed by atoms with E-state index in [4.69, 9.17) is 0 Å². The molecule has 1 N–H and O–H groups in total. The number of H-pyrrole nitrogens is 1. The Labute approximate surface area is 139 Å². The normalized spacial score (nSPS) is 11.0. The molecular weight excluding hydrogens is 305 g/mol. The number of nitrogens with one attached hydrogen (secondary N) is 1. The molecule has 0 unspecified atom stereocenters. The van der Waals surface area contributed by atoms with E-state index < -0.39 is 0 Å². The summed E-state index contributed by atoms with van der Waals surface area (Å²) in [7, 11) is 1.86. The van der Waals surface area contributed by atoms with Gasteiger partial charge in [0.05, 0.1) is 23.1 Å². The Morgan fingerprint density at radius 1 is 1.25 bits per heavy atom. The molecule has 0 bridgehead atoms. The van der Waals surface area contributed by atoms with Crippen molar-refractivity contribution in [3.05, 3.63) is 53.2 Å². The van der Waals surface area contributed by atoms with Gasteiger partial charge in [0.2, 0.25) is 0 Å². The number of nitrogens with zero attached hydrogens (tertiary/aromatic N) is 4. The smallest absolute Gasteiger partial charge is 0.146 e. The molecule has 6 heteroatoms. The molecule has 0 spiro atoms. The van der Waals surface area contributed by atoms with Crippen LogP contribution in [-0.2, 0) is 6.54 Å². The molecule has 0 fully saturated rings. The van der Waals surface area contributed by atoms with Gasteiger partial charge in [0.1, 0.15) is 23.5 Å². The molecule has 0 aliphatic rings. The fraction of sp³-hybridized carbons (Fsp3) is 0.278. The average molecular weight is 323 g/mol. The number of aromatic amines is 1. The highest BCUT2D eigenvalue weighted by Gasteiger charge is 2.14. The largest absolute Gasteiger partial charge is 0.351 e. The second kappa shape index (κ2) is 6.28. The highest BCUT2D eigenvalue weighted by Crippen LogP contribution is 2.22. The van der Waals surface area contributed by atoms with E-state index in [-0.39, 0.29) is 11.7 Å². The summed E-state index contributed by atoms with van der Waals surface area (Å²) in [5.74, 6) is 1.29. The number of imidazole rings is 1. The molecule has 0 amide bonds. The summed E-state index contributed by atoms with van der Waals surface area (Å²) in [6.07, 6.45) is 0. The van der Waals surface area contributed by atoms with Gasteiger partial charge in [-0.15, -0.1) is 0 Å². The third kappa shape index (κ3) is 3.06. The summed E-state index contributed by atoms with van der Waals surface area (Å²) in [5, 5.41) is 9.33. The van der Waals surface area contributed by atoms with E-state index >= 15 is 0 Å². The highest BCUT2D eigenvalue weighted by molar-refractivity contribution is 5.75. The molecule has 0 aliphatic carbocycles. The number of aromatic nitrogens is 3. The number of anilines is 1. The van der Waals surface area contributed by atoms with Crippen molar-refractivity contribution in [3.63, 3.8) is 0 Å². The maximum Gasteiger partial charge on any atom is 0.146 e. The van der Waals surface area contributed by atoms with Crippen LogP contribution >= 0.6 is 0 Å². The van der Waals surface area contributed by atoms with Crippen molar-refractivity contribution >= 4 is 16.9 Å². The number of rotatable bonds is 4. The number of benzene rings is 1. The first kappa shape index (κ1) is 15.9. The third-order valence-corrected chi connectivity index (χ3v) is 3.85. The van der Waals surface area contributed by atoms with Gasteiger partial charge in [-0.1, -0.05) is 13.8 Å². The van der Waals surface area contributed by atoms with Crippen LogP contribution in [0.25, 0.3) is 11.0 Å². The predicted octanol–water partition coefficient (Wildman–Crippen LogP) is 3.73. The SMILES string of the molecule is CC(C)c1ccc(C#N)c(N(C)Cc2nc3ccc(F)cc3[nH]2)n1. The molecule has 0 aliphatic heterocycles. The van der Waals surface area contributed by atoms with E-state index in [1.807, 2.05) is 18.0 Å². The first-order valence-electron chi connectivity index (χ1n) is 7.74. The summed E-state index contributed by atoms with van der Waals surface area (Å²) < 4.78 is 13.3. The maximum absolute atomic E-state index is 13.3. The minimum Gasteiger partial charge on any atom is -0.351 e. The van der Waals surface area contributed by atoms with Crippen LogP contribution in [0.1, 0.15) is 36.8 Å². The van der Waals surface area contributed by atoms with Crippen LogP contribution in [0.4, 0.5) is 10.2 Å². The second-order valence-electron chi connectivity index (χ2n) is 6.07. The summed E-state index contributed by atoms with van der Waals surface area (Å²) in [4.78, 5) is 14.0. The van der Waals surface area contributed by atoms with E-state index in [0.717, 1.165) is 5.69 Å². The van der Waals surface area contributed by atoms with Gasteiger partial charge in [0.15, 0.2) is 0 Å². The van der Waals surface area contributed by atoms with Crippen LogP contribution in [-0.4, -0.2) is 22.0 Å². The third-order valence-electron chi connectivity index (χ3n) is 3.85. The van der Waals surface area contributed by atoms with Gasteiger partial charge in [0, 0.05) is 12.7 Å². The molecular formula is C18H18FN5. The lowest BCUT2D eigenvalue weighted by Gasteiger charge is -2.19. The Morgan fingerprint density at radius 2 is 2.04 bits per heavy atom. The van der Waals surface area contributed by atoms with Gasteiger partial charge in [0.25, 0.3) is 0 Å².